The highest BCUT2D eigenvalue weighted by Gasteiger charge is 2.90. The highest BCUT2D eigenvalue weighted by atomic mass is 19.4. The highest BCUT2D eigenvalue weighted by Crippen LogP contribution is 2.61. The van der Waals surface area contributed by atoms with E-state index < -0.39 is 73.5 Å². The predicted octanol–water partition coefficient (Wildman–Crippen LogP) is 8.07. The maximum absolute atomic E-state index is 14.2. The summed E-state index contributed by atoms with van der Waals surface area (Å²) in [5, 5.41) is 0. The van der Waals surface area contributed by atoms with Gasteiger partial charge in [-0.15, -0.1) is 0 Å². The van der Waals surface area contributed by atoms with Gasteiger partial charge in [0.1, 0.15) is 0 Å². The molecule has 0 atom stereocenters. The zero-order chi connectivity index (χ0) is 29.5. The SMILES string of the molecule is FC(F)(F)C(F)(F)C(F)(F)C(F)(F)C(F)(F)C(F)(F)CCC1COC(c2ccccc2)(c2ccccc2)OC1. The molecule has 0 bridgehead atoms. The number of benzene rings is 2. The summed E-state index contributed by atoms with van der Waals surface area (Å²) in [4.78, 5) is 0. The van der Waals surface area contributed by atoms with E-state index in [9.17, 15) is 57.1 Å². The molecule has 1 fully saturated rings. The lowest BCUT2D eigenvalue weighted by Gasteiger charge is -2.42. The van der Waals surface area contributed by atoms with E-state index in [1.54, 1.807) is 60.7 Å². The Balaban J connectivity index is 1.77. The largest absolute Gasteiger partial charge is 0.460 e. The monoisotopic (exact) mass is 586 g/mol. The lowest BCUT2D eigenvalue weighted by Crippen LogP contribution is -2.70. The summed E-state index contributed by atoms with van der Waals surface area (Å²) < 4.78 is 185. The van der Waals surface area contributed by atoms with E-state index in [0.717, 1.165) is 0 Å². The Morgan fingerprint density at radius 3 is 1.33 bits per heavy atom. The zero-order valence-corrected chi connectivity index (χ0v) is 19.4. The van der Waals surface area contributed by atoms with Crippen LogP contribution >= 0.6 is 0 Å². The lowest BCUT2D eigenvalue weighted by atomic mass is 9.89. The predicted molar refractivity (Wildman–Crippen MR) is 109 cm³/mol. The van der Waals surface area contributed by atoms with Gasteiger partial charge in [-0.1, -0.05) is 60.7 Å². The van der Waals surface area contributed by atoms with Crippen molar-refractivity contribution >= 4 is 0 Å². The maximum Gasteiger partial charge on any atom is 0.460 e. The summed E-state index contributed by atoms with van der Waals surface area (Å²) >= 11 is 0. The van der Waals surface area contributed by atoms with Crippen molar-refractivity contribution in [2.45, 2.75) is 54.4 Å². The Morgan fingerprint density at radius 2 is 0.949 bits per heavy atom. The normalized spacial score (nSPS) is 18.3. The van der Waals surface area contributed by atoms with Crippen LogP contribution in [0.1, 0.15) is 24.0 Å². The number of halogens is 13. The summed E-state index contributed by atoms with van der Waals surface area (Å²) in [6, 6.07) is 16.2. The molecule has 1 aliphatic rings. The van der Waals surface area contributed by atoms with E-state index in [-0.39, 0.29) is 0 Å². The summed E-state index contributed by atoms with van der Waals surface area (Å²) in [6.45, 7) is -0.964. The van der Waals surface area contributed by atoms with Gasteiger partial charge in [-0.2, -0.15) is 57.1 Å². The Kier molecular flexibility index (Phi) is 8.05. The molecule has 2 aromatic carbocycles. The van der Waals surface area contributed by atoms with Crippen molar-refractivity contribution in [2.24, 2.45) is 5.92 Å². The van der Waals surface area contributed by atoms with Crippen LogP contribution in [0, 0.1) is 5.92 Å². The maximum atomic E-state index is 14.2. The fourth-order valence-corrected chi connectivity index (χ4v) is 3.89. The first-order valence-electron chi connectivity index (χ1n) is 11.1. The molecule has 39 heavy (non-hydrogen) atoms. The molecule has 0 N–H and O–H groups in total. The van der Waals surface area contributed by atoms with Crippen LogP contribution in [0.2, 0.25) is 0 Å². The molecule has 0 amide bonds. The second kappa shape index (κ2) is 10.1. The van der Waals surface area contributed by atoms with Gasteiger partial charge in [0.2, 0.25) is 5.79 Å². The molecule has 1 saturated heterocycles. The van der Waals surface area contributed by atoms with Crippen LogP contribution in [-0.2, 0) is 15.3 Å². The van der Waals surface area contributed by atoms with Crippen molar-refractivity contribution in [2.75, 3.05) is 13.2 Å². The summed E-state index contributed by atoms with van der Waals surface area (Å²) in [6.07, 6.45) is -10.9. The third-order valence-corrected chi connectivity index (χ3v) is 6.22. The molecule has 1 heterocycles. The van der Waals surface area contributed by atoms with E-state index in [0.29, 0.717) is 11.1 Å². The van der Waals surface area contributed by atoms with Crippen LogP contribution in [0.5, 0.6) is 0 Å². The van der Waals surface area contributed by atoms with Crippen LogP contribution in [0.25, 0.3) is 0 Å². The van der Waals surface area contributed by atoms with Crippen LogP contribution in [0.3, 0.4) is 0 Å². The Morgan fingerprint density at radius 1 is 0.564 bits per heavy atom. The summed E-state index contributed by atoms with van der Waals surface area (Å²) in [7, 11) is 0. The third kappa shape index (κ3) is 5.07. The average Bonchev–Trinajstić information content (AvgIpc) is 2.87. The molecule has 218 valence electrons. The first-order chi connectivity index (χ1) is 17.7. The van der Waals surface area contributed by atoms with Crippen molar-refractivity contribution < 1.29 is 66.5 Å². The van der Waals surface area contributed by atoms with Crippen molar-refractivity contribution in [3.05, 3.63) is 71.8 Å². The number of alkyl halides is 13. The Labute approximate surface area is 212 Å². The van der Waals surface area contributed by atoms with Gasteiger partial charge in [0.05, 0.1) is 13.2 Å². The minimum absolute atomic E-state index is 0.443. The molecule has 0 unspecified atom stereocenters. The fraction of sp³-hybridized carbons (Fsp3) is 0.500. The molecular weight excluding hydrogens is 567 g/mol. The van der Waals surface area contributed by atoms with E-state index in [1.807, 2.05) is 0 Å². The van der Waals surface area contributed by atoms with Crippen molar-refractivity contribution in [3.8, 4) is 0 Å². The van der Waals surface area contributed by atoms with E-state index in [4.69, 9.17) is 9.47 Å². The zero-order valence-electron chi connectivity index (χ0n) is 19.4. The van der Waals surface area contributed by atoms with E-state index in [2.05, 4.69) is 0 Å². The lowest BCUT2D eigenvalue weighted by molar-refractivity contribution is -0.440. The average molecular weight is 586 g/mol. The van der Waals surface area contributed by atoms with Gasteiger partial charge < -0.3 is 9.47 Å². The van der Waals surface area contributed by atoms with Crippen molar-refractivity contribution in [1.82, 2.24) is 0 Å². The van der Waals surface area contributed by atoms with Gasteiger partial charge in [0, 0.05) is 23.5 Å². The van der Waals surface area contributed by atoms with Crippen molar-refractivity contribution in [1.29, 1.82) is 0 Å². The highest BCUT2D eigenvalue weighted by molar-refractivity contribution is 5.34. The van der Waals surface area contributed by atoms with Gasteiger partial charge in [0.25, 0.3) is 0 Å². The van der Waals surface area contributed by atoms with E-state index in [1.165, 1.54) is 0 Å². The molecule has 3 rings (SSSR count). The minimum Gasteiger partial charge on any atom is -0.342 e. The standard InChI is InChI=1S/C24H19F13O2/c25-18(26,20(27,28)21(29,30)22(31,32)23(33,34)24(35,36)37)12-11-15-13-38-19(39-14-15,16-7-3-1-4-8-16)17-9-5-2-6-10-17/h1-10,15H,11-14H2. The number of hydrogen-bond acceptors (Lipinski definition) is 2. The third-order valence-electron chi connectivity index (χ3n) is 6.22. The van der Waals surface area contributed by atoms with Crippen LogP contribution in [-0.4, -0.2) is 49.0 Å². The summed E-state index contributed by atoms with van der Waals surface area (Å²) in [5.74, 6) is -39.7. The molecule has 1 aliphatic heterocycles. The van der Waals surface area contributed by atoms with Crippen LogP contribution < -0.4 is 0 Å². The molecule has 0 spiro atoms. The molecule has 0 aromatic heterocycles. The molecule has 0 saturated carbocycles. The van der Waals surface area contributed by atoms with E-state index >= 15 is 0 Å². The second-order valence-electron chi connectivity index (χ2n) is 8.88. The van der Waals surface area contributed by atoms with Gasteiger partial charge in [-0.05, 0) is 6.42 Å². The molecule has 2 aromatic rings. The van der Waals surface area contributed by atoms with Gasteiger partial charge >= 0.3 is 35.8 Å². The topological polar surface area (TPSA) is 18.5 Å². The molecular formula is C24H19F13O2. The van der Waals surface area contributed by atoms with Crippen LogP contribution in [0.4, 0.5) is 57.1 Å². The quantitative estimate of drug-likeness (QED) is 0.277. The Bertz CT molecular complexity index is 1050. The first kappa shape index (κ1) is 31.0. The Hall–Kier alpha value is -2.55. The molecule has 0 aliphatic carbocycles. The van der Waals surface area contributed by atoms with Crippen molar-refractivity contribution in [3.63, 3.8) is 0 Å². The number of rotatable bonds is 9. The van der Waals surface area contributed by atoms with Crippen LogP contribution in [0.15, 0.2) is 60.7 Å². The smallest absolute Gasteiger partial charge is 0.342 e. The van der Waals surface area contributed by atoms with Gasteiger partial charge in [-0.25, -0.2) is 0 Å². The molecule has 2 nitrogen and oxygen atoms in total. The number of hydrogen-bond donors (Lipinski definition) is 0. The van der Waals surface area contributed by atoms with Gasteiger partial charge in [0.15, 0.2) is 0 Å². The second-order valence-corrected chi connectivity index (χ2v) is 8.88. The number of ether oxygens (including phenoxy) is 2. The van der Waals surface area contributed by atoms with Gasteiger partial charge in [-0.3, -0.25) is 0 Å². The molecule has 15 heteroatoms. The fourth-order valence-electron chi connectivity index (χ4n) is 3.89. The summed E-state index contributed by atoms with van der Waals surface area (Å²) in [5.41, 5.74) is 0.887. The molecule has 0 radical (unpaired) electrons. The minimum atomic E-state index is -7.91. The first-order valence-corrected chi connectivity index (χ1v) is 11.1.